The average Bonchev–Trinajstić information content (AvgIpc) is 2.66. The molecule has 0 saturated carbocycles. The molecule has 0 radical (unpaired) electrons. The minimum absolute atomic E-state index is 0.139. The Morgan fingerprint density at radius 3 is 2.33 bits per heavy atom. The van der Waals surface area contributed by atoms with Gasteiger partial charge in [0.05, 0.1) is 14.9 Å². The zero-order valence-corrected chi connectivity index (χ0v) is 19.5. The molecule has 0 aliphatic carbocycles. The predicted octanol–water partition coefficient (Wildman–Crippen LogP) is 4.92. The van der Waals surface area contributed by atoms with Crippen LogP contribution in [0.4, 0.5) is 0 Å². The number of rotatable bonds is 8. The Hall–Kier alpha value is -1.86. The molecule has 0 saturated heterocycles. The van der Waals surface area contributed by atoms with Crippen molar-refractivity contribution in [3.8, 4) is 0 Å². The number of carbonyl (C=O) groups excluding carboxylic acids is 1. The Labute approximate surface area is 188 Å². The lowest BCUT2D eigenvalue weighted by atomic mass is 9.95. The molecule has 0 spiro atoms. The van der Waals surface area contributed by atoms with Gasteiger partial charge in [-0.05, 0) is 63.1 Å². The van der Waals surface area contributed by atoms with E-state index in [-0.39, 0.29) is 28.8 Å². The summed E-state index contributed by atoms with van der Waals surface area (Å²) in [5, 5.41) is 3.66. The topological polar surface area (TPSA) is 75.3 Å². The van der Waals surface area contributed by atoms with Crippen LogP contribution < -0.4 is 10.0 Å². The summed E-state index contributed by atoms with van der Waals surface area (Å²) in [4.78, 5) is 12.2. The van der Waals surface area contributed by atoms with E-state index in [9.17, 15) is 13.2 Å². The monoisotopic (exact) mass is 468 g/mol. The lowest BCUT2D eigenvalue weighted by Crippen LogP contribution is -2.39. The summed E-state index contributed by atoms with van der Waals surface area (Å²) in [6, 6.07) is 13.4. The number of hydrogen-bond donors (Lipinski definition) is 2. The molecule has 1 atom stereocenters. The number of nitrogens with one attached hydrogen (secondary N) is 2. The van der Waals surface area contributed by atoms with Crippen LogP contribution >= 0.6 is 23.2 Å². The van der Waals surface area contributed by atoms with Gasteiger partial charge >= 0.3 is 0 Å². The summed E-state index contributed by atoms with van der Waals surface area (Å²) < 4.78 is 27.8. The van der Waals surface area contributed by atoms with E-state index in [1.807, 2.05) is 20.8 Å². The zero-order chi connectivity index (χ0) is 22.4. The summed E-state index contributed by atoms with van der Waals surface area (Å²) in [5.41, 5.74) is 0.483. The molecule has 2 aromatic rings. The van der Waals surface area contributed by atoms with Crippen molar-refractivity contribution >= 4 is 39.1 Å². The van der Waals surface area contributed by atoms with Gasteiger partial charge in [-0.3, -0.25) is 4.79 Å². The minimum atomic E-state index is -3.66. The van der Waals surface area contributed by atoms with Crippen LogP contribution in [0, 0.1) is 0 Å². The van der Waals surface area contributed by atoms with Gasteiger partial charge in [0.1, 0.15) is 0 Å². The number of halogens is 2. The highest BCUT2D eigenvalue weighted by atomic mass is 35.5. The number of carbonyl (C=O) groups is 1. The Morgan fingerprint density at radius 2 is 1.73 bits per heavy atom. The second-order valence-corrected chi connectivity index (χ2v) is 10.5. The van der Waals surface area contributed by atoms with Crippen molar-refractivity contribution in [1.29, 1.82) is 0 Å². The maximum absolute atomic E-state index is 12.6. The summed E-state index contributed by atoms with van der Waals surface area (Å²) >= 11 is 12.2. The number of sulfonamides is 1. The fraction of sp³-hybridized carbons (Fsp3) is 0.318. The average molecular weight is 469 g/mol. The Bertz CT molecular complexity index is 1000. The first-order valence-corrected chi connectivity index (χ1v) is 11.7. The zero-order valence-electron chi connectivity index (χ0n) is 17.2. The molecule has 2 aromatic carbocycles. The summed E-state index contributed by atoms with van der Waals surface area (Å²) in [6.07, 6.45) is 3.62. The molecule has 0 heterocycles. The van der Waals surface area contributed by atoms with Gasteiger partial charge in [0.15, 0.2) is 0 Å². The number of hydrogen-bond acceptors (Lipinski definition) is 3. The maximum atomic E-state index is 12.6. The smallest absolute Gasteiger partial charge is 0.244 e. The van der Waals surface area contributed by atoms with Gasteiger partial charge < -0.3 is 5.32 Å². The molecule has 0 aliphatic rings. The van der Waals surface area contributed by atoms with Crippen LogP contribution in [-0.4, -0.2) is 26.4 Å². The fourth-order valence-corrected chi connectivity index (χ4v) is 4.16. The normalized spacial score (nSPS) is 13.4. The first kappa shape index (κ1) is 24.4. The first-order valence-electron chi connectivity index (χ1n) is 9.46. The molecule has 0 aliphatic heterocycles. The van der Waals surface area contributed by atoms with E-state index in [2.05, 4.69) is 10.0 Å². The number of amides is 1. The second kappa shape index (κ2) is 10.4. The quantitative estimate of drug-likeness (QED) is 0.539. The van der Waals surface area contributed by atoms with Gasteiger partial charge in [-0.15, -0.1) is 0 Å². The first-order chi connectivity index (χ1) is 14.0. The molecule has 1 amide bonds. The summed E-state index contributed by atoms with van der Waals surface area (Å²) in [7, 11) is -3.66. The third-order valence-electron chi connectivity index (χ3n) is 4.18. The molecule has 8 heteroatoms. The highest BCUT2D eigenvalue weighted by molar-refractivity contribution is 7.89. The van der Waals surface area contributed by atoms with Crippen LogP contribution in [0.3, 0.4) is 0 Å². The van der Waals surface area contributed by atoms with Gasteiger partial charge in [-0.1, -0.05) is 53.5 Å². The van der Waals surface area contributed by atoms with Crippen molar-refractivity contribution in [2.75, 3.05) is 6.54 Å². The standard InChI is InChI=1S/C22H26Cl2N2O3S/c1-22(2,3)26-21(27)11-7-8-17(16-12-13-19(23)20(24)14-16)15-25-30(28,29)18-9-5-4-6-10-18/h4-7,9-14,17,25H,8,15H2,1-3H3,(H,26,27). The molecule has 2 N–H and O–H groups in total. The molecular weight excluding hydrogens is 443 g/mol. The molecule has 0 fully saturated rings. The van der Waals surface area contributed by atoms with Gasteiger partial charge in [-0.25, -0.2) is 13.1 Å². The van der Waals surface area contributed by atoms with Crippen molar-refractivity contribution in [2.24, 2.45) is 0 Å². The molecule has 5 nitrogen and oxygen atoms in total. The lowest BCUT2D eigenvalue weighted by Gasteiger charge is -2.19. The second-order valence-electron chi connectivity index (χ2n) is 7.91. The largest absolute Gasteiger partial charge is 0.348 e. The molecule has 1 unspecified atom stereocenters. The molecule has 0 bridgehead atoms. The van der Waals surface area contributed by atoms with E-state index >= 15 is 0 Å². The predicted molar refractivity (Wildman–Crippen MR) is 122 cm³/mol. The number of allylic oxidation sites excluding steroid dienone is 1. The highest BCUT2D eigenvalue weighted by Gasteiger charge is 2.18. The summed E-state index contributed by atoms with van der Waals surface area (Å²) in [6.45, 7) is 5.83. The van der Waals surface area contributed by atoms with Crippen molar-refractivity contribution < 1.29 is 13.2 Å². The van der Waals surface area contributed by atoms with E-state index in [1.165, 1.54) is 18.2 Å². The Kier molecular flexibility index (Phi) is 8.50. The maximum Gasteiger partial charge on any atom is 0.244 e. The Balaban J connectivity index is 2.17. The molecule has 0 aromatic heterocycles. The van der Waals surface area contributed by atoms with Crippen LogP contribution in [0.5, 0.6) is 0 Å². The van der Waals surface area contributed by atoms with Gasteiger partial charge in [-0.2, -0.15) is 0 Å². The van der Waals surface area contributed by atoms with Crippen molar-refractivity contribution in [1.82, 2.24) is 10.0 Å². The third-order valence-corrected chi connectivity index (χ3v) is 6.35. The summed E-state index contributed by atoms with van der Waals surface area (Å²) in [5.74, 6) is -0.447. The van der Waals surface area contributed by atoms with Crippen molar-refractivity contribution in [3.05, 3.63) is 76.3 Å². The van der Waals surface area contributed by atoms with Crippen LogP contribution in [0.2, 0.25) is 10.0 Å². The van der Waals surface area contributed by atoms with Crippen molar-refractivity contribution in [2.45, 2.75) is 43.5 Å². The van der Waals surface area contributed by atoms with Crippen LogP contribution in [0.15, 0.2) is 65.6 Å². The van der Waals surface area contributed by atoms with E-state index in [0.717, 1.165) is 5.56 Å². The van der Waals surface area contributed by atoms with Gasteiger partial charge in [0.2, 0.25) is 15.9 Å². The van der Waals surface area contributed by atoms with E-state index < -0.39 is 10.0 Å². The lowest BCUT2D eigenvalue weighted by molar-refractivity contribution is -0.117. The van der Waals surface area contributed by atoms with Crippen LogP contribution in [-0.2, 0) is 14.8 Å². The number of benzene rings is 2. The molecule has 162 valence electrons. The van der Waals surface area contributed by atoms with E-state index in [4.69, 9.17) is 23.2 Å². The molecule has 30 heavy (non-hydrogen) atoms. The molecular formula is C22H26Cl2N2O3S. The van der Waals surface area contributed by atoms with Crippen LogP contribution in [0.25, 0.3) is 0 Å². The SMILES string of the molecule is CC(C)(C)NC(=O)C=CCC(CNS(=O)(=O)c1ccccc1)c1ccc(Cl)c(Cl)c1. The van der Waals surface area contributed by atoms with E-state index in [1.54, 1.807) is 42.5 Å². The van der Waals surface area contributed by atoms with Crippen LogP contribution in [0.1, 0.15) is 38.7 Å². The van der Waals surface area contributed by atoms with Gasteiger partial charge in [0, 0.05) is 18.0 Å². The molecule has 2 rings (SSSR count). The van der Waals surface area contributed by atoms with Gasteiger partial charge in [0.25, 0.3) is 0 Å². The third kappa shape index (κ3) is 7.76. The van der Waals surface area contributed by atoms with E-state index in [0.29, 0.717) is 16.5 Å². The van der Waals surface area contributed by atoms with Crippen molar-refractivity contribution in [3.63, 3.8) is 0 Å². The highest BCUT2D eigenvalue weighted by Crippen LogP contribution is 2.28. The fourth-order valence-electron chi connectivity index (χ4n) is 2.75. The minimum Gasteiger partial charge on any atom is -0.348 e. The Morgan fingerprint density at radius 1 is 1.07 bits per heavy atom.